The van der Waals surface area contributed by atoms with E-state index in [0.29, 0.717) is 25.9 Å². The minimum Gasteiger partial charge on any atom is -0.480 e. The Morgan fingerprint density at radius 1 is 1.31 bits per heavy atom. The normalized spacial score (nSPS) is 21.1. The van der Waals surface area contributed by atoms with Crippen LogP contribution in [0.15, 0.2) is 30.3 Å². The molecule has 26 heavy (non-hydrogen) atoms. The molecule has 138 valence electrons. The fraction of sp³-hybridized carbons (Fsp3) is 0.421. The highest BCUT2D eigenvalue weighted by Crippen LogP contribution is 2.25. The summed E-state index contributed by atoms with van der Waals surface area (Å²) in [6, 6.07) is 8.00. The minimum absolute atomic E-state index is 0.0668. The highest BCUT2D eigenvalue weighted by atomic mass is 16.4. The predicted molar refractivity (Wildman–Crippen MR) is 97.5 cm³/mol. The van der Waals surface area contributed by atoms with Crippen LogP contribution in [0.2, 0.25) is 0 Å². The summed E-state index contributed by atoms with van der Waals surface area (Å²) in [6.45, 7) is 1.92. The highest BCUT2D eigenvalue weighted by molar-refractivity contribution is 5.98. The highest BCUT2D eigenvalue weighted by Gasteiger charge is 2.26. The van der Waals surface area contributed by atoms with Crippen molar-refractivity contribution in [3.05, 3.63) is 35.9 Å². The molecule has 0 saturated carbocycles. The minimum atomic E-state index is -0.804. The second-order valence-corrected chi connectivity index (χ2v) is 6.72. The van der Waals surface area contributed by atoms with E-state index in [9.17, 15) is 14.4 Å². The lowest BCUT2D eigenvalue weighted by atomic mass is 9.97. The monoisotopic (exact) mass is 357 g/mol. The smallest absolute Gasteiger partial charge is 0.317 e. The second kappa shape index (κ2) is 8.14. The van der Waals surface area contributed by atoms with Gasteiger partial charge >= 0.3 is 5.97 Å². The number of nitrogens with one attached hydrogen (secondary N) is 2. The number of imide groups is 1. The molecule has 1 aromatic rings. The first-order valence-corrected chi connectivity index (χ1v) is 8.82. The van der Waals surface area contributed by atoms with E-state index in [-0.39, 0.29) is 24.3 Å². The van der Waals surface area contributed by atoms with E-state index < -0.39 is 5.97 Å². The van der Waals surface area contributed by atoms with Crippen LogP contribution >= 0.6 is 0 Å². The summed E-state index contributed by atoms with van der Waals surface area (Å²) in [6.07, 6.45) is 3.84. The molecule has 2 amide bonds. The summed E-state index contributed by atoms with van der Waals surface area (Å²) in [4.78, 5) is 35.7. The average molecular weight is 357 g/mol. The number of hydrogen-bond donors (Lipinski definition) is 3. The third-order valence-electron chi connectivity index (χ3n) is 4.79. The molecule has 2 aliphatic heterocycles. The van der Waals surface area contributed by atoms with Gasteiger partial charge < -0.3 is 10.4 Å². The number of benzene rings is 1. The summed E-state index contributed by atoms with van der Waals surface area (Å²) in [5.41, 5.74) is 3.24. The van der Waals surface area contributed by atoms with Crippen LogP contribution in [0.3, 0.4) is 0 Å². The zero-order chi connectivity index (χ0) is 18.5. The van der Waals surface area contributed by atoms with Gasteiger partial charge in [-0.2, -0.15) is 0 Å². The number of hydrogen-bond acceptors (Lipinski definition) is 5. The van der Waals surface area contributed by atoms with Crippen LogP contribution in [-0.4, -0.2) is 54.0 Å². The summed E-state index contributed by atoms with van der Waals surface area (Å²) < 4.78 is 0. The zero-order valence-electron chi connectivity index (χ0n) is 14.5. The number of piperidine rings is 1. The number of nitrogens with zero attached hydrogens (tertiary/aromatic N) is 1. The van der Waals surface area contributed by atoms with Gasteiger partial charge in [0.2, 0.25) is 11.8 Å². The summed E-state index contributed by atoms with van der Waals surface area (Å²) in [7, 11) is 0. The standard InChI is InChI=1S/C19H23N3O4/c23-17-5-4-15(19(26)21-17)11-20-16-3-1-2-14(10-16)13-6-8-22(9-7-13)12-18(24)25/h1-3,6,10,15,20H,4-5,7-9,11-12H2,(H,24,25)(H,21,23,26). The van der Waals surface area contributed by atoms with Gasteiger partial charge in [0.15, 0.2) is 0 Å². The van der Waals surface area contributed by atoms with Gasteiger partial charge in [0, 0.05) is 31.7 Å². The van der Waals surface area contributed by atoms with Crippen molar-refractivity contribution < 1.29 is 19.5 Å². The Kier molecular flexibility index (Phi) is 5.68. The summed E-state index contributed by atoms with van der Waals surface area (Å²) in [5, 5.41) is 14.5. The van der Waals surface area contributed by atoms with Gasteiger partial charge in [-0.05, 0) is 36.1 Å². The molecule has 0 aliphatic carbocycles. The van der Waals surface area contributed by atoms with Crippen molar-refractivity contribution in [1.29, 1.82) is 0 Å². The van der Waals surface area contributed by atoms with Crippen molar-refractivity contribution in [3.8, 4) is 0 Å². The topological polar surface area (TPSA) is 98.7 Å². The molecule has 0 aromatic heterocycles. The molecule has 1 aromatic carbocycles. The number of carboxylic acid groups (broad SMARTS) is 1. The van der Waals surface area contributed by atoms with Gasteiger partial charge in [-0.1, -0.05) is 18.2 Å². The third kappa shape index (κ3) is 4.70. The van der Waals surface area contributed by atoms with Crippen LogP contribution in [0.4, 0.5) is 5.69 Å². The Morgan fingerprint density at radius 3 is 2.85 bits per heavy atom. The third-order valence-corrected chi connectivity index (χ3v) is 4.79. The van der Waals surface area contributed by atoms with Gasteiger partial charge in [-0.15, -0.1) is 0 Å². The maximum absolute atomic E-state index is 11.8. The molecule has 1 unspecified atom stereocenters. The van der Waals surface area contributed by atoms with Crippen molar-refractivity contribution in [3.63, 3.8) is 0 Å². The fourth-order valence-corrected chi connectivity index (χ4v) is 3.31. The Morgan fingerprint density at radius 2 is 2.15 bits per heavy atom. The van der Waals surface area contributed by atoms with Crippen LogP contribution in [-0.2, 0) is 14.4 Å². The van der Waals surface area contributed by atoms with E-state index in [4.69, 9.17) is 5.11 Å². The van der Waals surface area contributed by atoms with Gasteiger partial charge in [0.05, 0.1) is 12.5 Å². The molecular formula is C19H23N3O4. The lowest BCUT2D eigenvalue weighted by molar-refractivity contribution is -0.138. The average Bonchev–Trinajstić information content (AvgIpc) is 2.61. The predicted octanol–water partition coefficient (Wildman–Crippen LogP) is 1.32. The first kappa shape index (κ1) is 18.1. The Balaban J connectivity index is 1.58. The lowest BCUT2D eigenvalue weighted by Crippen LogP contribution is -2.43. The molecule has 2 aliphatic rings. The van der Waals surface area contributed by atoms with Crippen molar-refractivity contribution in [1.82, 2.24) is 10.2 Å². The van der Waals surface area contributed by atoms with Gasteiger partial charge in [0.25, 0.3) is 0 Å². The molecule has 2 heterocycles. The van der Waals surface area contributed by atoms with E-state index >= 15 is 0 Å². The number of aliphatic carboxylic acids is 1. The Hall–Kier alpha value is -2.67. The number of carbonyl (C=O) groups is 3. The molecule has 1 saturated heterocycles. The molecule has 7 nitrogen and oxygen atoms in total. The molecule has 1 atom stereocenters. The largest absolute Gasteiger partial charge is 0.480 e. The van der Waals surface area contributed by atoms with E-state index in [1.54, 1.807) is 0 Å². The van der Waals surface area contributed by atoms with Gasteiger partial charge in [0.1, 0.15) is 0 Å². The first-order valence-electron chi connectivity index (χ1n) is 8.82. The number of amides is 2. The second-order valence-electron chi connectivity index (χ2n) is 6.72. The molecule has 3 rings (SSSR count). The molecule has 0 spiro atoms. The van der Waals surface area contributed by atoms with Crippen LogP contribution < -0.4 is 10.6 Å². The molecular weight excluding hydrogens is 334 g/mol. The number of rotatable bonds is 6. The molecule has 0 radical (unpaired) electrons. The van der Waals surface area contributed by atoms with Gasteiger partial charge in [-0.25, -0.2) is 0 Å². The fourth-order valence-electron chi connectivity index (χ4n) is 3.31. The SMILES string of the molecule is O=C(O)CN1CC=C(c2cccc(NCC3CCC(=O)NC3=O)c2)CC1. The van der Waals surface area contributed by atoms with Gasteiger partial charge in [-0.3, -0.25) is 24.6 Å². The molecule has 3 N–H and O–H groups in total. The quantitative estimate of drug-likeness (QED) is 0.664. The zero-order valence-corrected chi connectivity index (χ0v) is 14.5. The maximum atomic E-state index is 11.8. The van der Waals surface area contributed by atoms with Crippen LogP contribution in [0.25, 0.3) is 5.57 Å². The summed E-state index contributed by atoms with van der Waals surface area (Å²) >= 11 is 0. The Labute approximate surface area is 152 Å². The first-order chi connectivity index (χ1) is 12.5. The van der Waals surface area contributed by atoms with Crippen molar-refractivity contribution in [2.75, 3.05) is 31.5 Å². The molecule has 7 heteroatoms. The molecule has 0 bridgehead atoms. The summed E-state index contributed by atoms with van der Waals surface area (Å²) in [5.74, 6) is -1.41. The lowest BCUT2D eigenvalue weighted by Gasteiger charge is -2.25. The van der Waals surface area contributed by atoms with Crippen molar-refractivity contribution in [2.45, 2.75) is 19.3 Å². The molecule has 1 fully saturated rings. The van der Waals surface area contributed by atoms with E-state index in [0.717, 1.165) is 24.2 Å². The van der Waals surface area contributed by atoms with Crippen LogP contribution in [0, 0.1) is 5.92 Å². The van der Waals surface area contributed by atoms with Crippen LogP contribution in [0.1, 0.15) is 24.8 Å². The maximum Gasteiger partial charge on any atom is 0.317 e. The van der Waals surface area contributed by atoms with E-state index in [1.165, 1.54) is 5.57 Å². The van der Waals surface area contributed by atoms with E-state index in [1.807, 2.05) is 29.2 Å². The Bertz CT molecular complexity index is 744. The number of anilines is 1. The van der Waals surface area contributed by atoms with Crippen LogP contribution in [0.5, 0.6) is 0 Å². The van der Waals surface area contributed by atoms with Crippen molar-refractivity contribution >= 4 is 29.0 Å². The van der Waals surface area contributed by atoms with E-state index in [2.05, 4.69) is 16.7 Å². The number of carbonyl (C=O) groups excluding carboxylic acids is 2. The van der Waals surface area contributed by atoms with Crippen molar-refractivity contribution in [2.24, 2.45) is 5.92 Å². The number of carboxylic acids is 1.